The maximum Gasteiger partial charge on any atom is 0.234 e. The average Bonchev–Trinajstić information content (AvgIpc) is 2.79. The summed E-state index contributed by atoms with van der Waals surface area (Å²) in [6, 6.07) is 16.1. The number of ether oxygens (including phenoxy) is 1. The maximum atomic E-state index is 6.19. The summed E-state index contributed by atoms with van der Waals surface area (Å²) in [5.74, 6) is 0.811. The number of nitrogens with one attached hydrogen (secondary N) is 1. The lowest BCUT2D eigenvalue weighted by Gasteiger charge is -2.33. The SMILES string of the molecule is BrC1=Nc2ccccc2OC12Cc1ccccc1N2. The molecule has 2 aromatic rings. The third-order valence-corrected chi connectivity index (χ3v) is 4.31. The van der Waals surface area contributed by atoms with Gasteiger partial charge in [0.15, 0.2) is 0 Å². The van der Waals surface area contributed by atoms with Crippen LogP contribution in [0.2, 0.25) is 0 Å². The summed E-state index contributed by atoms with van der Waals surface area (Å²) < 4.78 is 6.97. The highest BCUT2D eigenvalue weighted by atomic mass is 79.9. The molecule has 0 bridgehead atoms. The van der Waals surface area contributed by atoms with E-state index in [1.54, 1.807) is 0 Å². The van der Waals surface area contributed by atoms with Crippen molar-refractivity contribution in [3.05, 3.63) is 54.1 Å². The maximum absolute atomic E-state index is 6.19. The van der Waals surface area contributed by atoms with Crippen LogP contribution in [0, 0.1) is 0 Å². The Bertz CT molecular complexity index is 671. The topological polar surface area (TPSA) is 33.6 Å². The lowest BCUT2D eigenvalue weighted by Crippen LogP contribution is -2.49. The number of nitrogens with zero attached hydrogens (tertiary/aromatic N) is 1. The van der Waals surface area contributed by atoms with E-state index in [9.17, 15) is 0 Å². The van der Waals surface area contributed by atoms with Crippen molar-refractivity contribution in [2.24, 2.45) is 4.99 Å². The molecule has 2 aliphatic rings. The molecule has 2 heterocycles. The molecule has 0 amide bonds. The number of anilines is 1. The van der Waals surface area contributed by atoms with E-state index in [1.165, 1.54) is 5.56 Å². The first kappa shape index (κ1) is 11.1. The van der Waals surface area contributed by atoms with Gasteiger partial charge in [-0.3, -0.25) is 0 Å². The fourth-order valence-corrected chi connectivity index (χ4v) is 3.09. The normalized spacial score (nSPS) is 23.1. The molecule has 1 N–H and O–H groups in total. The van der Waals surface area contributed by atoms with Crippen molar-refractivity contribution in [2.75, 3.05) is 5.32 Å². The average molecular weight is 315 g/mol. The molecule has 0 aromatic heterocycles. The van der Waals surface area contributed by atoms with Gasteiger partial charge in [-0.1, -0.05) is 30.3 Å². The number of hydrogen-bond donors (Lipinski definition) is 1. The first-order valence-electron chi connectivity index (χ1n) is 6.16. The van der Waals surface area contributed by atoms with Gasteiger partial charge in [-0.05, 0) is 39.7 Å². The van der Waals surface area contributed by atoms with Gasteiger partial charge >= 0.3 is 0 Å². The molecule has 1 spiro atoms. The quantitative estimate of drug-likeness (QED) is 0.801. The number of para-hydroxylation sites is 3. The fourth-order valence-electron chi connectivity index (χ4n) is 2.57. The van der Waals surface area contributed by atoms with Crippen LogP contribution in [-0.2, 0) is 6.42 Å². The van der Waals surface area contributed by atoms with Crippen molar-refractivity contribution < 1.29 is 4.74 Å². The molecule has 4 rings (SSSR count). The highest BCUT2D eigenvalue weighted by Gasteiger charge is 2.45. The van der Waals surface area contributed by atoms with Crippen molar-refractivity contribution in [3.8, 4) is 5.75 Å². The summed E-state index contributed by atoms with van der Waals surface area (Å²) in [6.07, 6.45) is 0.765. The van der Waals surface area contributed by atoms with Gasteiger partial charge in [0.05, 0.1) is 0 Å². The summed E-state index contributed by atoms with van der Waals surface area (Å²) >= 11 is 3.56. The Morgan fingerprint density at radius 2 is 1.89 bits per heavy atom. The molecular weight excluding hydrogens is 304 g/mol. The Morgan fingerprint density at radius 3 is 2.79 bits per heavy atom. The first-order chi connectivity index (χ1) is 9.27. The van der Waals surface area contributed by atoms with E-state index in [-0.39, 0.29) is 0 Å². The van der Waals surface area contributed by atoms with Crippen LogP contribution in [0.4, 0.5) is 11.4 Å². The van der Waals surface area contributed by atoms with Crippen LogP contribution in [0.5, 0.6) is 5.75 Å². The predicted octanol–water partition coefficient (Wildman–Crippen LogP) is 3.87. The molecule has 3 nitrogen and oxygen atoms in total. The van der Waals surface area contributed by atoms with E-state index in [1.807, 2.05) is 36.4 Å². The van der Waals surface area contributed by atoms with Crippen LogP contribution in [0.3, 0.4) is 0 Å². The van der Waals surface area contributed by atoms with Crippen molar-refractivity contribution in [1.82, 2.24) is 0 Å². The zero-order valence-electron chi connectivity index (χ0n) is 10.1. The Hall–Kier alpha value is -1.81. The van der Waals surface area contributed by atoms with Crippen LogP contribution in [0.1, 0.15) is 5.56 Å². The number of rotatable bonds is 0. The molecule has 0 saturated carbocycles. The molecular formula is C15H11BrN2O. The van der Waals surface area contributed by atoms with Gasteiger partial charge in [-0.25, -0.2) is 4.99 Å². The van der Waals surface area contributed by atoms with Crippen LogP contribution in [-0.4, -0.2) is 10.3 Å². The van der Waals surface area contributed by atoms with Crippen LogP contribution in [0.15, 0.2) is 53.5 Å². The molecule has 94 valence electrons. The molecule has 19 heavy (non-hydrogen) atoms. The number of hydrogen-bond acceptors (Lipinski definition) is 3. The smallest absolute Gasteiger partial charge is 0.234 e. The van der Waals surface area contributed by atoms with Gasteiger partial charge in [-0.2, -0.15) is 0 Å². The second kappa shape index (κ2) is 3.84. The number of aliphatic imine (C=N–C) groups is 1. The molecule has 2 aliphatic heterocycles. The van der Waals surface area contributed by atoms with Crippen molar-refractivity contribution in [1.29, 1.82) is 0 Å². The van der Waals surface area contributed by atoms with Gasteiger partial charge in [-0.15, -0.1) is 0 Å². The van der Waals surface area contributed by atoms with E-state index in [0.717, 1.165) is 28.2 Å². The van der Waals surface area contributed by atoms with Crippen molar-refractivity contribution >= 4 is 31.9 Å². The predicted molar refractivity (Wildman–Crippen MR) is 79.6 cm³/mol. The monoisotopic (exact) mass is 314 g/mol. The zero-order chi connectivity index (χ0) is 12.9. The minimum atomic E-state index is -0.599. The van der Waals surface area contributed by atoms with Gasteiger partial charge in [0.25, 0.3) is 0 Å². The number of halogens is 1. The second-order valence-corrected chi connectivity index (χ2v) is 5.51. The van der Waals surface area contributed by atoms with Crippen LogP contribution in [0.25, 0.3) is 0 Å². The molecule has 0 fully saturated rings. The van der Waals surface area contributed by atoms with E-state index in [4.69, 9.17) is 4.74 Å². The molecule has 0 radical (unpaired) electrons. The lowest BCUT2D eigenvalue weighted by molar-refractivity contribution is 0.179. The van der Waals surface area contributed by atoms with Gasteiger partial charge in [0, 0.05) is 12.1 Å². The minimum absolute atomic E-state index is 0.599. The Labute approximate surface area is 119 Å². The molecule has 2 aromatic carbocycles. The summed E-state index contributed by atoms with van der Waals surface area (Å²) in [5, 5.41) is 3.44. The standard InChI is InChI=1S/C15H11BrN2O/c16-14-15(9-10-5-1-2-6-11(10)18-15)19-13-8-4-3-7-12(13)17-14/h1-8,18H,9H2. The van der Waals surface area contributed by atoms with Crippen molar-refractivity contribution in [3.63, 3.8) is 0 Å². The summed E-state index contributed by atoms with van der Waals surface area (Å²) in [6.45, 7) is 0. The van der Waals surface area contributed by atoms with Gasteiger partial charge in [0.2, 0.25) is 5.72 Å². The van der Waals surface area contributed by atoms with Gasteiger partial charge in [0.1, 0.15) is 16.1 Å². The number of fused-ring (bicyclic) bond motifs is 2. The Morgan fingerprint density at radius 1 is 1.11 bits per heavy atom. The summed E-state index contributed by atoms with van der Waals surface area (Å²) in [7, 11) is 0. The minimum Gasteiger partial charge on any atom is -0.459 e. The van der Waals surface area contributed by atoms with E-state index in [0.29, 0.717) is 0 Å². The van der Waals surface area contributed by atoms with Crippen molar-refractivity contribution in [2.45, 2.75) is 12.1 Å². The molecule has 0 saturated heterocycles. The summed E-state index contributed by atoms with van der Waals surface area (Å²) in [4.78, 5) is 4.61. The lowest BCUT2D eigenvalue weighted by atomic mass is 10.1. The highest BCUT2D eigenvalue weighted by molar-refractivity contribution is 9.18. The second-order valence-electron chi connectivity index (χ2n) is 4.76. The largest absolute Gasteiger partial charge is 0.459 e. The Kier molecular flexibility index (Phi) is 2.23. The third kappa shape index (κ3) is 1.60. The molecule has 0 aliphatic carbocycles. The van der Waals surface area contributed by atoms with Crippen LogP contribution >= 0.6 is 15.9 Å². The number of benzene rings is 2. The Balaban J connectivity index is 1.80. The van der Waals surface area contributed by atoms with Crippen LogP contribution < -0.4 is 10.1 Å². The zero-order valence-corrected chi connectivity index (χ0v) is 11.6. The van der Waals surface area contributed by atoms with E-state index >= 15 is 0 Å². The molecule has 1 atom stereocenters. The van der Waals surface area contributed by atoms with Gasteiger partial charge < -0.3 is 10.1 Å². The fraction of sp³-hybridized carbons (Fsp3) is 0.133. The van der Waals surface area contributed by atoms with E-state index < -0.39 is 5.72 Å². The molecule has 4 heteroatoms. The molecule has 1 unspecified atom stereocenters. The van der Waals surface area contributed by atoms with E-state index in [2.05, 4.69) is 38.4 Å². The third-order valence-electron chi connectivity index (χ3n) is 3.49. The summed E-state index contributed by atoms with van der Waals surface area (Å²) in [5.41, 5.74) is 2.61. The first-order valence-corrected chi connectivity index (χ1v) is 6.95. The highest BCUT2D eigenvalue weighted by Crippen LogP contribution is 2.43.